The van der Waals surface area contributed by atoms with Crippen LogP contribution in [0.1, 0.15) is 48.0 Å². The summed E-state index contributed by atoms with van der Waals surface area (Å²) in [6.07, 6.45) is 2.74. The van der Waals surface area contributed by atoms with Gasteiger partial charge in [-0.25, -0.2) is 4.79 Å². The van der Waals surface area contributed by atoms with Gasteiger partial charge in [-0.15, -0.1) is 0 Å². The third-order valence-electron chi connectivity index (χ3n) is 9.26. The van der Waals surface area contributed by atoms with Gasteiger partial charge in [-0.2, -0.15) is 0 Å². The highest BCUT2D eigenvalue weighted by Gasteiger charge is 2.71. The van der Waals surface area contributed by atoms with Crippen molar-refractivity contribution in [1.82, 2.24) is 4.90 Å². The molecule has 5 atom stereocenters. The smallest absolute Gasteiger partial charge is 0.335 e. The molecule has 1 spiro atoms. The van der Waals surface area contributed by atoms with E-state index in [1.54, 1.807) is 7.11 Å². The second-order valence-electron chi connectivity index (χ2n) is 10.4. The van der Waals surface area contributed by atoms with Crippen molar-refractivity contribution in [2.75, 3.05) is 32.2 Å². The van der Waals surface area contributed by atoms with Crippen LogP contribution in [0.4, 0.5) is 5.69 Å². The first-order chi connectivity index (χ1) is 17.0. The molecule has 7 heteroatoms. The summed E-state index contributed by atoms with van der Waals surface area (Å²) in [4.78, 5) is 31.2. The predicted octanol–water partition coefficient (Wildman–Crippen LogP) is 3.14. The lowest BCUT2D eigenvalue weighted by atomic mass is 9.51. The van der Waals surface area contributed by atoms with Gasteiger partial charge in [0.1, 0.15) is 5.75 Å². The van der Waals surface area contributed by atoms with E-state index in [0.717, 1.165) is 43.6 Å². The molecule has 0 radical (unpaired) electrons. The van der Waals surface area contributed by atoms with Crippen LogP contribution >= 0.6 is 0 Å². The number of aliphatic hydroxyl groups excluding tert-OH is 1. The van der Waals surface area contributed by atoms with E-state index in [2.05, 4.69) is 11.0 Å². The summed E-state index contributed by atoms with van der Waals surface area (Å²) in [5, 5.41) is 11.4. The summed E-state index contributed by atoms with van der Waals surface area (Å²) in [5.74, 6) is 0.0888. The zero-order valence-corrected chi connectivity index (χ0v) is 20.3. The Hall–Kier alpha value is -2.90. The molecule has 3 heterocycles. The van der Waals surface area contributed by atoms with Crippen LogP contribution in [0.3, 0.4) is 0 Å². The van der Waals surface area contributed by atoms with E-state index in [-0.39, 0.29) is 23.4 Å². The third-order valence-corrected chi connectivity index (χ3v) is 9.26. The van der Waals surface area contributed by atoms with Gasteiger partial charge in [0, 0.05) is 28.5 Å². The first-order valence-corrected chi connectivity index (χ1v) is 12.6. The second kappa shape index (κ2) is 8.07. The van der Waals surface area contributed by atoms with Crippen LogP contribution < -0.4 is 9.64 Å². The summed E-state index contributed by atoms with van der Waals surface area (Å²) in [6.45, 7) is 1.81. The number of fused-ring (bicyclic) bond motifs is 1. The molecule has 35 heavy (non-hydrogen) atoms. The van der Waals surface area contributed by atoms with Crippen LogP contribution in [-0.4, -0.2) is 67.4 Å². The van der Waals surface area contributed by atoms with Crippen LogP contribution in [0.15, 0.2) is 48.5 Å². The number of hydrogen-bond acceptors (Lipinski definition) is 6. The van der Waals surface area contributed by atoms with E-state index >= 15 is 0 Å². The summed E-state index contributed by atoms with van der Waals surface area (Å²) < 4.78 is 10.9. The van der Waals surface area contributed by atoms with Gasteiger partial charge in [-0.3, -0.25) is 9.69 Å². The summed E-state index contributed by atoms with van der Waals surface area (Å²) >= 11 is 0. The van der Waals surface area contributed by atoms with Crippen molar-refractivity contribution >= 4 is 17.6 Å². The fourth-order valence-corrected chi connectivity index (χ4v) is 8.08. The van der Waals surface area contributed by atoms with Crippen molar-refractivity contribution in [2.24, 2.45) is 5.41 Å². The number of amides is 1. The number of aliphatic hydroxyl groups is 1. The predicted molar refractivity (Wildman–Crippen MR) is 131 cm³/mol. The molecule has 184 valence electrons. The maximum atomic E-state index is 14.1. The Kier molecular flexibility index (Phi) is 5.20. The normalized spacial score (nSPS) is 31.8. The van der Waals surface area contributed by atoms with Gasteiger partial charge in [-0.05, 0) is 69.0 Å². The fourth-order valence-electron chi connectivity index (χ4n) is 8.08. The maximum Gasteiger partial charge on any atom is 0.335 e. The summed E-state index contributed by atoms with van der Waals surface area (Å²) in [7, 11) is 2.99. The van der Waals surface area contributed by atoms with E-state index in [0.29, 0.717) is 24.2 Å². The van der Waals surface area contributed by atoms with Crippen molar-refractivity contribution in [3.63, 3.8) is 0 Å². The Morgan fingerprint density at radius 2 is 1.83 bits per heavy atom. The van der Waals surface area contributed by atoms with E-state index in [1.165, 1.54) is 7.11 Å². The molecular formula is C28H32N2O5. The minimum absolute atomic E-state index is 0.0338. The largest absolute Gasteiger partial charge is 0.495 e. The molecule has 4 aliphatic rings. The number of carbonyl (C=O) groups is 2. The summed E-state index contributed by atoms with van der Waals surface area (Å²) in [6, 6.07) is 15.3. The lowest BCUT2D eigenvalue weighted by Crippen LogP contribution is -2.69. The molecule has 7 nitrogen and oxygen atoms in total. The van der Waals surface area contributed by atoms with Gasteiger partial charge >= 0.3 is 5.97 Å². The number of para-hydroxylation sites is 1. The number of carbonyl (C=O) groups excluding carboxylic acids is 2. The first kappa shape index (κ1) is 22.6. The Labute approximate surface area is 205 Å². The third kappa shape index (κ3) is 2.85. The minimum atomic E-state index is -1.19. The zero-order valence-electron chi connectivity index (χ0n) is 20.3. The molecule has 1 amide bonds. The van der Waals surface area contributed by atoms with Crippen LogP contribution in [0.25, 0.3) is 0 Å². The molecule has 1 saturated carbocycles. The van der Waals surface area contributed by atoms with Gasteiger partial charge in [0.05, 0.1) is 19.9 Å². The second-order valence-corrected chi connectivity index (χ2v) is 10.4. The number of hydrogen-bond donors (Lipinski definition) is 1. The van der Waals surface area contributed by atoms with Crippen molar-refractivity contribution in [2.45, 2.75) is 55.7 Å². The SMILES string of the molecule is COC(=O)C(O)[C@@]12CCCN3CC[C@]4(c5cccc(OC)c5N(C(=O)c5ccccc5)[C@@H]4CC1)[C@H]32. The van der Waals surface area contributed by atoms with E-state index < -0.39 is 17.5 Å². The molecule has 2 saturated heterocycles. The molecule has 0 bridgehead atoms. The zero-order chi connectivity index (χ0) is 24.4. The highest BCUT2D eigenvalue weighted by Crippen LogP contribution is 2.66. The molecule has 3 aliphatic heterocycles. The molecular weight excluding hydrogens is 444 g/mol. The van der Waals surface area contributed by atoms with Gasteiger partial charge in [0.15, 0.2) is 6.10 Å². The first-order valence-electron chi connectivity index (χ1n) is 12.6. The van der Waals surface area contributed by atoms with Crippen LogP contribution in [0.2, 0.25) is 0 Å². The summed E-state index contributed by atoms with van der Waals surface area (Å²) in [5.41, 5.74) is 1.59. The molecule has 1 unspecified atom stereocenters. The quantitative estimate of drug-likeness (QED) is 0.683. The molecule has 1 N–H and O–H groups in total. The molecule has 2 aromatic rings. The average molecular weight is 477 g/mol. The van der Waals surface area contributed by atoms with Crippen LogP contribution in [0, 0.1) is 5.41 Å². The number of piperidine rings is 1. The number of nitrogens with zero attached hydrogens (tertiary/aromatic N) is 2. The maximum absolute atomic E-state index is 14.1. The van der Waals surface area contributed by atoms with Crippen molar-refractivity contribution in [3.05, 3.63) is 59.7 Å². The Balaban J connectivity index is 1.56. The number of rotatable bonds is 4. The topological polar surface area (TPSA) is 79.3 Å². The fraction of sp³-hybridized carbons (Fsp3) is 0.500. The van der Waals surface area contributed by atoms with Crippen LogP contribution in [-0.2, 0) is 14.9 Å². The average Bonchev–Trinajstić information content (AvgIpc) is 3.45. The number of esters is 1. The van der Waals surface area contributed by atoms with Crippen molar-refractivity contribution in [1.29, 1.82) is 0 Å². The highest BCUT2D eigenvalue weighted by atomic mass is 16.5. The van der Waals surface area contributed by atoms with Crippen LogP contribution in [0.5, 0.6) is 5.75 Å². The van der Waals surface area contributed by atoms with E-state index in [1.807, 2.05) is 47.4 Å². The molecule has 2 aromatic carbocycles. The lowest BCUT2D eigenvalue weighted by Gasteiger charge is -2.59. The minimum Gasteiger partial charge on any atom is -0.495 e. The standard InChI is InChI=1S/C28H32N2O5/c1-34-20-11-6-10-19-22(20)30(24(32)18-8-4-3-5-9-18)21-12-14-27(23(31)25(33)35-2)13-7-16-29-17-15-28(19,21)26(27)29/h3-6,8-11,21,23,26,31H,7,12-17H2,1-2H3/t21-,23?,26-,27-,28-/m1/s1. The van der Waals surface area contributed by atoms with Gasteiger partial charge in [0.25, 0.3) is 5.91 Å². The van der Waals surface area contributed by atoms with Gasteiger partial charge in [0.2, 0.25) is 0 Å². The highest BCUT2D eigenvalue weighted by molar-refractivity contribution is 6.09. The van der Waals surface area contributed by atoms with E-state index in [9.17, 15) is 14.7 Å². The Bertz CT molecular complexity index is 1170. The Morgan fingerprint density at radius 3 is 2.57 bits per heavy atom. The van der Waals surface area contributed by atoms with Crippen molar-refractivity contribution in [3.8, 4) is 5.75 Å². The number of anilines is 1. The molecule has 0 aromatic heterocycles. The van der Waals surface area contributed by atoms with Gasteiger partial charge in [-0.1, -0.05) is 30.3 Å². The number of methoxy groups -OCH3 is 2. The molecule has 3 fully saturated rings. The molecule has 6 rings (SSSR count). The monoisotopic (exact) mass is 476 g/mol. The molecule has 1 aliphatic carbocycles. The Morgan fingerprint density at radius 1 is 1.03 bits per heavy atom. The van der Waals surface area contributed by atoms with E-state index in [4.69, 9.17) is 9.47 Å². The lowest BCUT2D eigenvalue weighted by molar-refractivity contribution is -0.172. The van der Waals surface area contributed by atoms with Crippen molar-refractivity contribution < 1.29 is 24.2 Å². The number of benzene rings is 2. The number of ether oxygens (including phenoxy) is 2. The van der Waals surface area contributed by atoms with Gasteiger partial charge < -0.3 is 19.5 Å².